The predicted octanol–water partition coefficient (Wildman–Crippen LogP) is 2.10. The Morgan fingerprint density at radius 2 is 2.07 bits per heavy atom. The quantitative estimate of drug-likeness (QED) is 0.703. The molecule has 0 N–H and O–H groups in total. The molecule has 0 bridgehead atoms. The first kappa shape index (κ1) is 11.0. The molecule has 0 atom stereocenters. The minimum Gasteiger partial charge on any atom is -0.222 e. The molecule has 0 radical (unpaired) electrons. The van der Waals surface area contributed by atoms with E-state index in [2.05, 4.69) is 4.98 Å². The highest BCUT2D eigenvalue weighted by Gasteiger charge is 2.18. The van der Waals surface area contributed by atoms with Crippen molar-refractivity contribution < 1.29 is 13.2 Å². The molecule has 15 heavy (non-hydrogen) atoms. The Balaban J connectivity index is 3.35. The van der Waals surface area contributed by atoms with Crippen LogP contribution in [0.15, 0.2) is 6.07 Å². The van der Waals surface area contributed by atoms with Crippen LogP contribution in [0.5, 0.6) is 0 Å². The number of nitriles is 2. The molecule has 0 fully saturated rings. The highest BCUT2D eigenvalue weighted by atomic mass is 19.3. The summed E-state index contributed by atoms with van der Waals surface area (Å²) < 4.78 is 37.8. The summed E-state index contributed by atoms with van der Waals surface area (Å²) in [6, 6.07) is 3.73. The van der Waals surface area contributed by atoms with Crippen LogP contribution in [0.4, 0.5) is 13.2 Å². The van der Waals surface area contributed by atoms with Crippen molar-refractivity contribution in [3.8, 4) is 12.1 Å². The Kier molecular flexibility index (Phi) is 3.25. The largest absolute Gasteiger partial charge is 0.265 e. The zero-order chi connectivity index (χ0) is 11.4. The monoisotopic (exact) mass is 211 g/mol. The smallest absolute Gasteiger partial charge is 0.222 e. The summed E-state index contributed by atoms with van der Waals surface area (Å²) in [4.78, 5) is 3.16. The third-order valence-electron chi connectivity index (χ3n) is 1.69. The normalized spacial score (nSPS) is 9.73. The molecule has 1 rings (SSSR count). The van der Waals surface area contributed by atoms with Crippen LogP contribution >= 0.6 is 0 Å². The number of hydrogen-bond donors (Lipinski definition) is 0. The Morgan fingerprint density at radius 1 is 1.40 bits per heavy atom. The van der Waals surface area contributed by atoms with Gasteiger partial charge >= 0.3 is 0 Å². The molecule has 0 aliphatic heterocycles. The van der Waals surface area contributed by atoms with E-state index in [4.69, 9.17) is 10.5 Å². The molecule has 0 spiro atoms. The Bertz CT molecular complexity index is 457. The van der Waals surface area contributed by atoms with Crippen molar-refractivity contribution in [3.05, 3.63) is 28.8 Å². The molecule has 0 aromatic carbocycles. The van der Waals surface area contributed by atoms with Gasteiger partial charge in [0.15, 0.2) is 0 Å². The fourth-order valence-corrected chi connectivity index (χ4v) is 1.03. The number of hydrogen-bond acceptors (Lipinski definition) is 3. The number of alkyl halides is 2. The molecule has 76 valence electrons. The average molecular weight is 211 g/mol. The van der Waals surface area contributed by atoms with Gasteiger partial charge in [-0.1, -0.05) is 0 Å². The molecular weight excluding hydrogens is 207 g/mol. The number of pyridine rings is 1. The van der Waals surface area contributed by atoms with Gasteiger partial charge in [-0.05, 0) is 6.07 Å². The van der Waals surface area contributed by atoms with Crippen molar-refractivity contribution in [2.45, 2.75) is 12.8 Å². The van der Waals surface area contributed by atoms with Gasteiger partial charge in [-0.25, -0.2) is 13.8 Å². The van der Waals surface area contributed by atoms with E-state index in [0.29, 0.717) is 0 Å². The van der Waals surface area contributed by atoms with Crippen LogP contribution < -0.4 is 0 Å². The first-order chi connectivity index (χ1) is 7.10. The lowest BCUT2D eigenvalue weighted by Crippen LogP contribution is -2.02. The van der Waals surface area contributed by atoms with Crippen LogP contribution in [0, 0.1) is 28.6 Å². The van der Waals surface area contributed by atoms with Gasteiger partial charge in [-0.15, -0.1) is 0 Å². The van der Waals surface area contributed by atoms with E-state index in [1.54, 1.807) is 6.07 Å². The van der Waals surface area contributed by atoms with Gasteiger partial charge in [0, 0.05) is 5.56 Å². The molecule has 1 aromatic rings. The predicted molar refractivity (Wildman–Crippen MR) is 43.2 cm³/mol. The van der Waals surface area contributed by atoms with Crippen molar-refractivity contribution in [1.82, 2.24) is 4.98 Å². The molecule has 0 saturated heterocycles. The van der Waals surface area contributed by atoms with Crippen molar-refractivity contribution >= 4 is 0 Å². The molecule has 1 heterocycles. The summed E-state index contributed by atoms with van der Waals surface area (Å²) in [7, 11) is 0. The van der Waals surface area contributed by atoms with E-state index >= 15 is 0 Å². The summed E-state index contributed by atoms with van der Waals surface area (Å²) in [6.45, 7) is 0. The molecule has 1 aromatic heterocycles. The van der Waals surface area contributed by atoms with Crippen LogP contribution in [0.2, 0.25) is 0 Å². The zero-order valence-corrected chi connectivity index (χ0v) is 7.34. The van der Waals surface area contributed by atoms with Crippen molar-refractivity contribution in [3.63, 3.8) is 0 Å². The number of aromatic nitrogens is 1. The van der Waals surface area contributed by atoms with Gasteiger partial charge < -0.3 is 0 Å². The minimum absolute atomic E-state index is 0.330. The summed E-state index contributed by atoms with van der Waals surface area (Å²) in [5.41, 5.74) is -1.45. The van der Waals surface area contributed by atoms with Crippen LogP contribution in [0.25, 0.3) is 0 Å². The van der Waals surface area contributed by atoms with Crippen LogP contribution in [0.3, 0.4) is 0 Å². The maximum Gasteiger partial charge on any atom is 0.265 e. The number of rotatable bonds is 2. The highest BCUT2D eigenvalue weighted by Crippen LogP contribution is 2.23. The van der Waals surface area contributed by atoms with Crippen LogP contribution in [0.1, 0.15) is 23.2 Å². The minimum atomic E-state index is -2.88. The second-order valence-electron chi connectivity index (χ2n) is 2.61. The topological polar surface area (TPSA) is 60.5 Å². The fraction of sp³-hybridized carbons (Fsp3) is 0.222. The van der Waals surface area contributed by atoms with Crippen LogP contribution in [-0.2, 0) is 6.42 Å². The summed E-state index contributed by atoms with van der Waals surface area (Å²) in [5, 5.41) is 16.7. The summed E-state index contributed by atoms with van der Waals surface area (Å²) in [5.74, 6) is -1.13. The molecule has 0 unspecified atom stereocenters. The number of halogens is 3. The number of nitrogens with zero attached hydrogens (tertiary/aromatic N) is 3. The third kappa shape index (κ3) is 2.23. The van der Waals surface area contributed by atoms with E-state index in [0.717, 1.165) is 6.07 Å². The standard InChI is InChI=1S/C9H4F3N3/c10-8(11)6-3-5(4-14)9(12)15-7(6)1-2-13/h3,8H,1H2. The molecular formula is C9H4F3N3. The lowest BCUT2D eigenvalue weighted by atomic mass is 10.1. The zero-order valence-electron chi connectivity index (χ0n) is 7.34. The second kappa shape index (κ2) is 4.43. The Hall–Kier alpha value is -2.08. The van der Waals surface area contributed by atoms with Gasteiger partial charge in [0.1, 0.15) is 11.6 Å². The lowest BCUT2D eigenvalue weighted by Gasteiger charge is -2.05. The average Bonchev–Trinajstić information content (AvgIpc) is 2.18. The molecule has 0 aliphatic rings. The van der Waals surface area contributed by atoms with Gasteiger partial charge in [-0.2, -0.15) is 14.9 Å². The third-order valence-corrected chi connectivity index (χ3v) is 1.69. The molecule has 3 nitrogen and oxygen atoms in total. The maximum absolute atomic E-state index is 12.9. The van der Waals surface area contributed by atoms with Crippen molar-refractivity contribution in [2.75, 3.05) is 0 Å². The van der Waals surface area contributed by atoms with Gasteiger partial charge in [0.25, 0.3) is 6.43 Å². The Morgan fingerprint density at radius 3 is 2.53 bits per heavy atom. The first-order valence-corrected chi connectivity index (χ1v) is 3.84. The molecule has 0 saturated carbocycles. The molecule has 0 aliphatic carbocycles. The van der Waals surface area contributed by atoms with E-state index in [1.165, 1.54) is 6.07 Å². The molecule has 6 heteroatoms. The fourth-order valence-electron chi connectivity index (χ4n) is 1.03. The van der Waals surface area contributed by atoms with Crippen molar-refractivity contribution in [1.29, 1.82) is 10.5 Å². The van der Waals surface area contributed by atoms with E-state index < -0.39 is 29.9 Å². The van der Waals surface area contributed by atoms with Gasteiger partial charge in [0.2, 0.25) is 5.95 Å². The van der Waals surface area contributed by atoms with Crippen LogP contribution in [-0.4, -0.2) is 4.98 Å². The second-order valence-corrected chi connectivity index (χ2v) is 2.61. The highest BCUT2D eigenvalue weighted by molar-refractivity contribution is 5.35. The van der Waals surface area contributed by atoms with E-state index in [9.17, 15) is 13.2 Å². The maximum atomic E-state index is 12.9. The summed E-state index contributed by atoms with van der Waals surface area (Å²) >= 11 is 0. The van der Waals surface area contributed by atoms with E-state index in [1.807, 2.05) is 0 Å². The molecule has 0 amide bonds. The van der Waals surface area contributed by atoms with Gasteiger partial charge in [-0.3, -0.25) is 0 Å². The van der Waals surface area contributed by atoms with Crippen molar-refractivity contribution in [2.24, 2.45) is 0 Å². The lowest BCUT2D eigenvalue weighted by molar-refractivity contribution is 0.149. The van der Waals surface area contributed by atoms with E-state index in [-0.39, 0.29) is 5.69 Å². The Labute approximate surface area is 83.4 Å². The summed E-state index contributed by atoms with van der Waals surface area (Å²) in [6.07, 6.45) is -3.30. The van der Waals surface area contributed by atoms with Gasteiger partial charge in [0.05, 0.1) is 18.2 Å². The first-order valence-electron chi connectivity index (χ1n) is 3.84. The SMILES string of the molecule is N#CCc1nc(F)c(C#N)cc1C(F)F.